The van der Waals surface area contributed by atoms with Gasteiger partial charge in [0.25, 0.3) is 0 Å². The van der Waals surface area contributed by atoms with E-state index in [1.165, 1.54) is 16.9 Å². The number of carbonyl (C=O) groups excluding carboxylic acids is 2. The summed E-state index contributed by atoms with van der Waals surface area (Å²) in [6, 6.07) is 13.3. The third-order valence-electron chi connectivity index (χ3n) is 4.03. The van der Waals surface area contributed by atoms with Gasteiger partial charge in [-0.2, -0.15) is 10.4 Å². The number of hydrogen-bond donors (Lipinski definition) is 2. The third-order valence-corrected chi connectivity index (χ3v) is 4.03. The van der Waals surface area contributed by atoms with E-state index in [4.69, 9.17) is 16.7 Å². The minimum Gasteiger partial charge on any atom is -0.383 e. The number of nitriles is 1. The molecular weight excluding hydrogens is 330 g/mol. The van der Waals surface area contributed by atoms with Crippen LogP contribution in [0.5, 0.6) is 0 Å². The lowest BCUT2D eigenvalue weighted by molar-refractivity contribution is 0.0998. The molecule has 7 nitrogen and oxygen atoms in total. The molecule has 3 aromatic rings. The second-order valence-electron chi connectivity index (χ2n) is 5.74. The van der Waals surface area contributed by atoms with Crippen molar-refractivity contribution >= 4 is 17.5 Å². The van der Waals surface area contributed by atoms with Gasteiger partial charge in [-0.15, -0.1) is 0 Å². The van der Waals surface area contributed by atoms with Crippen LogP contribution in [0.2, 0.25) is 0 Å². The lowest BCUT2D eigenvalue weighted by Crippen LogP contribution is -2.13. The molecule has 0 bridgehead atoms. The monoisotopic (exact) mass is 345 g/mol. The SMILES string of the molecule is Cc1ccc(C(N)=O)cc1-n1ncc(C(=O)c2cccc(C#N)c2)c1N. The van der Waals surface area contributed by atoms with E-state index >= 15 is 0 Å². The van der Waals surface area contributed by atoms with Crippen LogP contribution in [0.1, 0.15) is 37.4 Å². The van der Waals surface area contributed by atoms with Gasteiger partial charge in [-0.1, -0.05) is 18.2 Å². The predicted octanol–water partition coefficient (Wildman–Crippen LogP) is 1.96. The molecule has 1 amide bonds. The maximum Gasteiger partial charge on any atom is 0.248 e. The van der Waals surface area contributed by atoms with Gasteiger partial charge in [0.1, 0.15) is 5.82 Å². The van der Waals surface area contributed by atoms with Crippen molar-refractivity contribution in [1.82, 2.24) is 9.78 Å². The van der Waals surface area contributed by atoms with Gasteiger partial charge < -0.3 is 11.5 Å². The molecule has 7 heteroatoms. The van der Waals surface area contributed by atoms with Gasteiger partial charge >= 0.3 is 0 Å². The van der Waals surface area contributed by atoms with E-state index in [-0.39, 0.29) is 17.2 Å². The molecule has 4 N–H and O–H groups in total. The molecule has 0 aliphatic carbocycles. The smallest absolute Gasteiger partial charge is 0.248 e. The van der Waals surface area contributed by atoms with E-state index in [9.17, 15) is 9.59 Å². The fraction of sp³-hybridized carbons (Fsp3) is 0.0526. The fourth-order valence-corrected chi connectivity index (χ4v) is 2.60. The van der Waals surface area contributed by atoms with Crippen molar-refractivity contribution in [2.45, 2.75) is 6.92 Å². The van der Waals surface area contributed by atoms with Crippen LogP contribution >= 0.6 is 0 Å². The standard InChI is InChI=1S/C19H15N5O2/c1-11-5-6-14(19(22)26)8-16(11)24-18(21)15(10-23-24)17(25)13-4-2-3-12(7-13)9-20/h2-8,10H,21H2,1H3,(H2,22,26). The molecule has 26 heavy (non-hydrogen) atoms. The number of carbonyl (C=O) groups is 2. The molecule has 128 valence electrons. The first-order chi connectivity index (χ1) is 12.4. The Hall–Kier alpha value is -3.92. The summed E-state index contributed by atoms with van der Waals surface area (Å²) in [7, 11) is 0. The normalized spacial score (nSPS) is 10.3. The highest BCUT2D eigenvalue weighted by Crippen LogP contribution is 2.23. The van der Waals surface area contributed by atoms with E-state index in [0.717, 1.165) is 5.56 Å². The highest BCUT2D eigenvalue weighted by atomic mass is 16.1. The maximum absolute atomic E-state index is 12.7. The van der Waals surface area contributed by atoms with Crippen LogP contribution in [0.3, 0.4) is 0 Å². The summed E-state index contributed by atoms with van der Waals surface area (Å²) < 4.78 is 1.39. The molecule has 0 atom stereocenters. The number of aromatic nitrogens is 2. The summed E-state index contributed by atoms with van der Waals surface area (Å²) in [5.74, 6) is -0.766. The largest absolute Gasteiger partial charge is 0.383 e. The summed E-state index contributed by atoms with van der Waals surface area (Å²) in [5.41, 5.74) is 14.1. The zero-order valence-electron chi connectivity index (χ0n) is 13.9. The van der Waals surface area contributed by atoms with Crippen molar-refractivity contribution in [3.05, 3.63) is 76.5 Å². The Morgan fingerprint density at radius 1 is 1.15 bits per heavy atom. The molecule has 0 spiro atoms. The molecule has 1 heterocycles. The number of hydrogen-bond acceptors (Lipinski definition) is 5. The molecule has 0 fully saturated rings. The number of amides is 1. The Bertz CT molecular complexity index is 1080. The number of nitrogens with two attached hydrogens (primary N) is 2. The molecule has 1 aromatic heterocycles. The van der Waals surface area contributed by atoms with Crippen LogP contribution in [0.25, 0.3) is 5.69 Å². The van der Waals surface area contributed by atoms with Crippen LogP contribution in [0.15, 0.2) is 48.7 Å². The van der Waals surface area contributed by atoms with E-state index < -0.39 is 5.91 Å². The lowest BCUT2D eigenvalue weighted by atomic mass is 10.0. The van der Waals surface area contributed by atoms with E-state index in [2.05, 4.69) is 5.10 Å². The Kier molecular flexibility index (Phi) is 4.25. The summed E-state index contributed by atoms with van der Waals surface area (Å²) in [6.45, 7) is 1.83. The molecule has 0 aliphatic heterocycles. The highest BCUT2D eigenvalue weighted by Gasteiger charge is 2.19. The van der Waals surface area contributed by atoms with Crippen LogP contribution < -0.4 is 11.5 Å². The predicted molar refractivity (Wildman–Crippen MR) is 95.8 cm³/mol. The van der Waals surface area contributed by atoms with Crippen LogP contribution in [0.4, 0.5) is 5.82 Å². The molecular formula is C19H15N5O2. The number of benzene rings is 2. The Balaban J connectivity index is 2.06. The number of aryl methyl sites for hydroxylation is 1. The second-order valence-corrected chi connectivity index (χ2v) is 5.74. The number of anilines is 1. The fourth-order valence-electron chi connectivity index (χ4n) is 2.60. The molecule has 2 aromatic carbocycles. The van der Waals surface area contributed by atoms with Gasteiger partial charge in [0.05, 0.1) is 29.1 Å². The summed E-state index contributed by atoms with van der Waals surface area (Å²) in [4.78, 5) is 24.1. The van der Waals surface area contributed by atoms with Gasteiger partial charge in [-0.05, 0) is 36.8 Å². The number of rotatable bonds is 4. The van der Waals surface area contributed by atoms with Crippen molar-refractivity contribution in [2.75, 3.05) is 5.73 Å². The van der Waals surface area contributed by atoms with Crippen LogP contribution in [-0.2, 0) is 0 Å². The number of nitrogen functional groups attached to an aromatic ring is 1. The van der Waals surface area contributed by atoms with Crippen molar-refractivity contribution < 1.29 is 9.59 Å². The third kappa shape index (κ3) is 2.91. The summed E-state index contributed by atoms with van der Waals surface area (Å²) >= 11 is 0. The van der Waals surface area contributed by atoms with E-state index in [1.807, 2.05) is 13.0 Å². The molecule has 0 unspecified atom stereocenters. The quantitative estimate of drug-likeness (QED) is 0.699. The Labute approximate surface area is 149 Å². The number of ketones is 1. The van der Waals surface area contributed by atoms with Gasteiger partial charge in [0, 0.05) is 11.1 Å². The average molecular weight is 345 g/mol. The molecule has 0 radical (unpaired) electrons. The zero-order valence-corrected chi connectivity index (χ0v) is 13.9. The van der Waals surface area contributed by atoms with Gasteiger partial charge in [-0.25, -0.2) is 4.68 Å². The minimum atomic E-state index is -0.568. The topological polar surface area (TPSA) is 128 Å². The first-order valence-corrected chi connectivity index (χ1v) is 7.71. The van der Waals surface area contributed by atoms with Crippen molar-refractivity contribution in [1.29, 1.82) is 5.26 Å². The number of primary amides is 1. The first kappa shape index (κ1) is 16.9. The second kappa shape index (κ2) is 6.53. The van der Waals surface area contributed by atoms with Crippen molar-refractivity contribution in [2.24, 2.45) is 5.73 Å². The zero-order chi connectivity index (χ0) is 18.8. The highest BCUT2D eigenvalue weighted by molar-refractivity contribution is 6.11. The van der Waals surface area contributed by atoms with Gasteiger partial charge in [-0.3, -0.25) is 9.59 Å². The van der Waals surface area contributed by atoms with Crippen molar-refractivity contribution in [3.8, 4) is 11.8 Å². The minimum absolute atomic E-state index is 0.141. The van der Waals surface area contributed by atoms with Crippen molar-refractivity contribution in [3.63, 3.8) is 0 Å². The van der Waals surface area contributed by atoms with E-state index in [1.54, 1.807) is 36.4 Å². The Morgan fingerprint density at radius 2 is 1.92 bits per heavy atom. The molecule has 0 saturated carbocycles. The van der Waals surface area contributed by atoms with Crippen LogP contribution in [0, 0.1) is 18.3 Å². The molecule has 0 aliphatic rings. The molecule has 0 saturated heterocycles. The maximum atomic E-state index is 12.7. The Morgan fingerprint density at radius 3 is 2.62 bits per heavy atom. The van der Waals surface area contributed by atoms with E-state index in [0.29, 0.717) is 22.4 Å². The first-order valence-electron chi connectivity index (χ1n) is 7.71. The number of nitrogens with zero attached hydrogens (tertiary/aromatic N) is 3. The summed E-state index contributed by atoms with van der Waals surface area (Å²) in [5, 5.41) is 13.2. The van der Waals surface area contributed by atoms with Gasteiger partial charge in [0.15, 0.2) is 5.78 Å². The lowest BCUT2D eigenvalue weighted by Gasteiger charge is -2.10. The molecule has 3 rings (SSSR count). The van der Waals surface area contributed by atoms with Crippen LogP contribution in [-0.4, -0.2) is 21.5 Å². The summed E-state index contributed by atoms with van der Waals surface area (Å²) in [6.07, 6.45) is 1.37. The van der Waals surface area contributed by atoms with Gasteiger partial charge in [0.2, 0.25) is 5.91 Å². The average Bonchev–Trinajstić information content (AvgIpc) is 3.02.